The van der Waals surface area contributed by atoms with E-state index in [0.29, 0.717) is 12.8 Å². The fourth-order valence-electron chi connectivity index (χ4n) is 4.87. The fraction of sp³-hybridized carbons (Fsp3) is 0.550. The molecule has 9 nitrogen and oxygen atoms in total. The number of piperidine rings is 1. The third-order valence-electron chi connectivity index (χ3n) is 6.48. The molecule has 3 heterocycles. The number of amides is 3. The van der Waals surface area contributed by atoms with Crippen molar-refractivity contribution in [2.45, 2.75) is 30.8 Å². The molecule has 0 aliphatic carbocycles. The first-order valence-electron chi connectivity index (χ1n) is 9.85. The fourth-order valence-corrected chi connectivity index (χ4v) is 4.87. The van der Waals surface area contributed by atoms with Gasteiger partial charge in [0, 0.05) is 34.3 Å². The second kappa shape index (κ2) is 7.33. The first-order valence-corrected chi connectivity index (χ1v) is 9.85. The Balaban J connectivity index is 1.56. The Morgan fingerprint density at radius 1 is 1.23 bits per heavy atom. The van der Waals surface area contributed by atoms with E-state index in [1.165, 1.54) is 37.3 Å². The van der Waals surface area contributed by atoms with E-state index in [4.69, 9.17) is 4.74 Å². The number of para-hydroxylation sites is 1. The van der Waals surface area contributed by atoms with Crippen LogP contribution in [0.3, 0.4) is 0 Å². The summed E-state index contributed by atoms with van der Waals surface area (Å²) in [5.41, 5.74) is -0.834. The van der Waals surface area contributed by atoms with Gasteiger partial charge in [0.25, 0.3) is 11.8 Å². The van der Waals surface area contributed by atoms with E-state index in [1.54, 1.807) is 11.9 Å². The Labute approximate surface area is 177 Å². The smallest absolute Gasteiger partial charge is 0.395 e. The van der Waals surface area contributed by atoms with Gasteiger partial charge in [-0.15, -0.1) is 8.78 Å². The summed E-state index contributed by atoms with van der Waals surface area (Å²) in [6.07, 6.45) is -4.06. The third kappa shape index (κ3) is 3.18. The maximum Gasteiger partial charge on any atom is 0.586 e. The zero-order valence-electron chi connectivity index (χ0n) is 17.3. The first kappa shape index (κ1) is 21.3. The van der Waals surface area contributed by atoms with Crippen molar-refractivity contribution in [2.24, 2.45) is 5.92 Å². The van der Waals surface area contributed by atoms with Crippen LogP contribution < -0.4 is 14.8 Å². The van der Waals surface area contributed by atoms with Gasteiger partial charge in [0.15, 0.2) is 11.5 Å². The van der Waals surface area contributed by atoms with Crippen molar-refractivity contribution in [1.82, 2.24) is 15.1 Å². The van der Waals surface area contributed by atoms with Crippen LogP contribution in [0.1, 0.15) is 23.2 Å². The van der Waals surface area contributed by atoms with Crippen LogP contribution in [-0.4, -0.2) is 79.8 Å². The summed E-state index contributed by atoms with van der Waals surface area (Å²) in [6.45, 7) is 0.447. The van der Waals surface area contributed by atoms with E-state index in [9.17, 15) is 23.2 Å². The highest BCUT2D eigenvalue weighted by molar-refractivity contribution is 5.98. The number of alkyl halides is 2. The summed E-state index contributed by atoms with van der Waals surface area (Å²) in [6, 6.07) is 4.14. The molecule has 2 fully saturated rings. The molecule has 2 saturated heterocycles. The summed E-state index contributed by atoms with van der Waals surface area (Å²) in [5, 5.41) is 2.60. The van der Waals surface area contributed by atoms with Crippen LogP contribution in [-0.2, 0) is 14.3 Å². The lowest BCUT2D eigenvalue weighted by Crippen LogP contribution is -2.58. The number of benzene rings is 1. The number of halogens is 2. The molecule has 3 aliphatic heterocycles. The van der Waals surface area contributed by atoms with E-state index in [0.717, 1.165) is 0 Å². The lowest BCUT2D eigenvalue weighted by atomic mass is 9.75. The number of hydrogen-bond acceptors (Lipinski definition) is 6. The summed E-state index contributed by atoms with van der Waals surface area (Å²) >= 11 is 0. The highest BCUT2D eigenvalue weighted by Gasteiger charge is 2.61. The molecule has 0 unspecified atom stereocenters. The lowest BCUT2D eigenvalue weighted by Gasteiger charge is -2.46. The zero-order valence-corrected chi connectivity index (χ0v) is 17.3. The van der Waals surface area contributed by atoms with Gasteiger partial charge in [-0.3, -0.25) is 14.4 Å². The maximum atomic E-state index is 13.5. The predicted molar refractivity (Wildman–Crippen MR) is 102 cm³/mol. The molecule has 1 spiro atoms. The van der Waals surface area contributed by atoms with Gasteiger partial charge in [0.05, 0.1) is 17.0 Å². The van der Waals surface area contributed by atoms with Crippen molar-refractivity contribution in [3.63, 3.8) is 0 Å². The minimum atomic E-state index is -3.83. The van der Waals surface area contributed by atoms with Gasteiger partial charge < -0.3 is 29.3 Å². The van der Waals surface area contributed by atoms with Crippen LogP contribution in [0.4, 0.5) is 8.78 Å². The Bertz CT molecular complexity index is 931. The molecular weight excluding hydrogens is 416 g/mol. The van der Waals surface area contributed by atoms with Crippen molar-refractivity contribution in [1.29, 1.82) is 0 Å². The van der Waals surface area contributed by atoms with E-state index in [-0.39, 0.29) is 42.0 Å². The van der Waals surface area contributed by atoms with Crippen molar-refractivity contribution < 1.29 is 37.4 Å². The highest BCUT2D eigenvalue weighted by Crippen LogP contribution is 2.46. The summed E-state index contributed by atoms with van der Waals surface area (Å²) < 4.78 is 41.2. The molecule has 31 heavy (non-hydrogen) atoms. The van der Waals surface area contributed by atoms with E-state index in [2.05, 4.69) is 14.8 Å². The number of carbonyl (C=O) groups excluding carboxylic acids is 3. The molecule has 168 valence electrons. The van der Waals surface area contributed by atoms with Crippen LogP contribution in [0.15, 0.2) is 18.2 Å². The van der Waals surface area contributed by atoms with Crippen LogP contribution in [0.5, 0.6) is 11.5 Å². The number of hydrogen-bond donors (Lipinski definition) is 1. The number of nitrogens with one attached hydrogen (secondary N) is 1. The van der Waals surface area contributed by atoms with Crippen molar-refractivity contribution >= 4 is 17.7 Å². The van der Waals surface area contributed by atoms with Crippen molar-refractivity contribution in [3.05, 3.63) is 23.8 Å². The molecule has 4 rings (SSSR count). The number of fused-ring (bicyclic) bond motifs is 1. The Hall–Kier alpha value is -2.95. The first-order chi connectivity index (χ1) is 14.6. The molecule has 3 aliphatic rings. The molecule has 0 radical (unpaired) electrons. The van der Waals surface area contributed by atoms with Gasteiger partial charge in [-0.25, -0.2) is 0 Å². The van der Waals surface area contributed by atoms with Gasteiger partial charge in [0.2, 0.25) is 5.91 Å². The highest BCUT2D eigenvalue weighted by atomic mass is 19.3. The lowest BCUT2D eigenvalue weighted by molar-refractivity contribution is -0.286. The van der Waals surface area contributed by atoms with Gasteiger partial charge in [-0.2, -0.15) is 0 Å². The largest absolute Gasteiger partial charge is 0.586 e. The predicted octanol–water partition coefficient (Wildman–Crippen LogP) is 0.832. The minimum Gasteiger partial charge on any atom is -0.395 e. The SMILES string of the molecule is CNC(=O)[C@@H]1[C@@H](OC)C(=O)N(C)C12CCN(C(=O)c1cccc3c1OC(F)(F)O3)CC2. The number of likely N-dealkylation sites (tertiary alicyclic amines) is 2. The molecule has 2 atom stereocenters. The number of rotatable bonds is 3. The van der Waals surface area contributed by atoms with Gasteiger partial charge in [0.1, 0.15) is 6.10 Å². The van der Waals surface area contributed by atoms with E-state index in [1.807, 2.05) is 0 Å². The second-order valence-corrected chi connectivity index (χ2v) is 7.84. The standard InChI is InChI=1S/C20H23F2N3O6/c1-23-16(26)13-15(29-3)18(28)24(2)19(13)7-9-25(10-8-19)17(27)11-5-4-6-12-14(11)31-20(21,22)30-12/h4-6,13,15H,7-10H2,1-3H3,(H,23,26)/t13-,15+/m0/s1. The number of ether oxygens (including phenoxy) is 3. The molecule has 0 aromatic heterocycles. The molecule has 0 saturated carbocycles. The zero-order chi connectivity index (χ0) is 22.6. The Kier molecular flexibility index (Phi) is 5.03. The number of nitrogens with zero attached hydrogens (tertiary/aromatic N) is 2. The van der Waals surface area contributed by atoms with Gasteiger partial charge in [-0.1, -0.05) is 6.07 Å². The minimum absolute atomic E-state index is 0.0286. The monoisotopic (exact) mass is 439 g/mol. The van der Waals surface area contributed by atoms with E-state index < -0.39 is 29.8 Å². The molecule has 1 N–H and O–H groups in total. The van der Waals surface area contributed by atoms with Gasteiger partial charge >= 0.3 is 6.29 Å². The molecule has 3 amide bonds. The summed E-state index contributed by atoms with van der Waals surface area (Å²) in [7, 11) is 4.52. The third-order valence-corrected chi connectivity index (χ3v) is 6.48. The number of likely N-dealkylation sites (N-methyl/N-ethyl adjacent to an activating group) is 1. The topological polar surface area (TPSA) is 97.4 Å². The van der Waals surface area contributed by atoms with Crippen LogP contribution in [0.25, 0.3) is 0 Å². The van der Waals surface area contributed by atoms with Crippen LogP contribution in [0.2, 0.25) is 0 Å². The quantitative estimate of drug-likeness (QED) is 0.750. The number of carbonyl (C=O) groups is 3. The molecule has 11 heteroatoms. The molecular formula is C20H23F2N3O6. The number of methoxy groups -OCH3 is 1. The Morgan fingerprint density at radius 3 is 2.52 bits per heavy atom. The Morgan fingerprint density at radius 2 is 1.90 bits per heavy atom. The van der Waals surface area contributed by atoms with Gasteiger partial charge in [-0.05, 0) is 25.0 Å². The van der Waals surface area contributed by atoms with Crippen molar-refractivity contribution in [3.8, 4) is 11.5 Å². The van der Waals surface area contributed by atoms with Crippen molar-refractivity contribution in [2.75, 3.05) is 34.3 Å². The normalized spacial score (nSPS) is 25.8. The average molecular weight is 439 g/mol. The average Bonchev–Trinajstić information content (AvgIpc) is 3.18. The van der Waals surface area contributed by atoms with Crippen LogP contribution in [0, 0.1) is 5.92 Å². The maximum absolute atomic E-state index is 13.5. The molecule has 0 bridgehead atoms. The summed E-state index contributed by atoms with van der Waals surface area (Å²) in [4.78, 5) is 41.4. The van der Waals surface area contributed by atoms with E-state index >= 15 is 0 Å². The van der Waals surface area contributed by atoms with Crippen LogP contribution >= 0.6 is 0 Å². The molecule has 1 aromatic rings. The summed E-state index contributed by atoms with van der Waals surface area (Å²) in [5.74, 6) is -2.31. The molecule has 1 aromatic carbocycles. The second-order valence-electron chi connectivity index (χ2n) is 7.84.